The van der Waals surface area contributed by atoms with Crippen LogP contribution in [-0.2, 0) is 0 Å². The third-order valence-electron chi connectivity index (χ3n) is 4.51. The van der Waals surface area contributed by atoms with E-state index in [9.17, 15) is 5.11 Å². The van der Waals surface area contributed by atoms with Gasteiger partial charge in [0.1, 0.15) is 11.3 Å². The lowest BCUT2D eigenvalue weighted by Crippen LogP contribution is -1.92. The van der Waals surface area contributed by atoms with E-state index in [0.29, 0.717) is 27.7 Å². The molecule has 0 bridgehead atoms. The summed E-state index contributed by atoms with van der Waals surface area (Å²) in [4.78, 5) is 9.04. The molecule has 3 aromatic carbocycles. The number of aryl methyl sites for hydroxylation is 1. The van der Waals surface area contributed by atoms with Gasteiger partial charge in [0, 0.05) is 26.8 Å². The predicted molar refractivity (Wildman–Crippen MR) is 117 cm³/mol. The maximum atomic E-state index is 10.2. The highest BCUT2D eigenvalue weighted by atomic mass is 79.9. The molecule has 0 atom stereocenters. The molecule has 28 heavy (non-hydrogen) atoms. The van der Waals surface area contributed by atoms with Gasteiger partial charge in [0.2, 0.25) is 5.89 Å². The molecule has 0 saturated heterocycles. The van der Waals surface area contributed by atoms with Gasteiger partial charge in [0.15, 0.2) is 5.58 Å². The van der Waals surface area contributed by atoms with Gasteiger partial charge in [0.25, 0.3) is 0 Å². The number of halogens is 2. The summed E-state index contributed by atoms with van der Waals surface area (Å²) in [7, 11) is 0. The van der Waals surface area contributed by atoms with E-state index in [1.165, 1.54) is 0 Å². The molecule has 0 saturated carbocycles. The number of benzene rings is 3. The first-order valence-electron chi connectivity index (χ1n) is 8.61. The SMILES string of the molecule is Cc1cc(O)c(C=Nc2ccc3oc(-c4ccc(Br)cc4)nc3c2)c(C)c1Cl. The fourth-order valence-corrected chi connectivity index (χ4v) is 3.39. The molecule has 4 nitrogen and oxygen atoms in total. The van der Waals surface area contributed by atoms with E-state index in [1.807, 2.05) is 56.3 Å². The quantitative estimate of drug-likeness (QED) is 0.339. The zero-order valence-electron chi connectivity index (χ0n) is 15.2. The van der Waals surface area contributed by atoms with Crippen molar-refractivity contribution >= 4 is 50.5 Å². The number of oxazole rings is 1. The molecule has 0 amide bonds. The lowest BCUT2D eigenvalue weighted by atomic mass is 10.0. The zero-order valence-corrected chi connectivity index (χ0v) is 17.5. The van der Waals surface area contributed by atoms with Gasteiger partial charge in [-0.25, -0.2) is 4.98 Å². The van der Waals surface area contributed by atoms with Crippen molar-refractivity contribution in [3.63, 3.8) is 0 Å². The predicted octanol–water partition coefficient (Wildman–Crippen LogP) is 6.98. The van der Waals surface area contributed by atoms with Crippen molar-refractivity contribution in [3.8, 4) is 17.2 Å². The van der Waals surface area contributed by atoms with Crippen LogP contribution < -0.4 is 0 Å². The maximum absolute atomic E-state index is 10.2. The van der Waals surface area contributed by atoms with E-state index in [0.717, 1.165) is 26.7 Å². The number of nitrogens with zero attached hydrogens (tertiary/aromatic N) is 2. The van der Waals surface area contributed by atoms with E-state index in [4.69, 9.17) is 16.0 Å². The maximum Gasteiger partial charge on any atom is 0.227 e. The molecular weight excluding hydrogens is 440 g/mol. The van der Waals surface area contributed by atoms with E-state index in [-0.39, 0.29) is 5.75 Å². The van der Waals surface area contributed by atoms with Crippen LogP contribution in [0.1, 0.15) is 16.7 Å². The molecule has 0 spiro atoms. The smallest absolute Gasteiger partial charge is 0.227 e. The van der Waals surface area contributed by atoms with Gasteiger partial charge in [-0.3, -0.25) is 4.99 Å². The fraction of sp³-hybridized carbons (Fsp3) is 0.0909. The van der Waals surface area contributed by atoms with Crippen molar-refractivity contribution < 1.29 is 9.52 Å². The summed E-state index contributed by atoms with van der Waals surface area (Å²) in [6.07, 6.45) is 1.62. The number of hydrogen-bond acceptors (Lipinski definition) is 4. The first-order valence-corrected chi connectivity index (χ1v) is 9.79. The fourth-order valence-electron chi connectivity index (χ4n) is 2.97. The lowest BCUT2D eigenvalue weighted by molar-refractivity contribution is 0.473. The first-order chi connectivity index (χ1) is 13.4. The minimum atomic E-state index is 0.156. The molecule has 140 valence electrons. The summed E-state index contributed by atoms with van der Waals surface area (Å²) >= 11 is 9.71. The highest BCUT2D eigenvalue weighted by Crippen LogP contribution is 2.31. The third kappa shape index (κ3) is 3.55. The summed E-state index contributed by atoms with van der Waals surface area (Å²) < 4.78 is 6.84. The van der Waals surface area contributed by atoms with Crippen LogP contribution in [0.25, 0.3) is 22.6 Å². The van der Waals surface area contributed by atoms with Gasteiger partial charge in [-0.15, -0.1) is 0 Å². The van der Waals surface area contributed by atoms with Crippen molar-refractivity contribution in [2.24, 2.45) is 4.99 Å². The Labute approximate surface area is 175 Å². The largest absolute Gasteiger partial charge is 0.507 e. The van der Waals surface area contributed by atoms with Crippen molar-refractivity contribution in [2.45, 2.75) is 13.8 Å². The van der Waals surface area contributed by atoms with E-state index < -0.39 is 0 Å². The second-order valence-electron chi connectivity index (χ2n) is 6.50. The zero-order chi connectivity index (χ0) is 19.8. The molecule has 4 rings (SSSR count). The van der Waals surface area contributed by atoms with Crippen molar-refractivity contribution in [1.82, 2.24) is 4.98 Å². The van der Waals surface area contributed by atoms with Crippen LogP contribution in [0.3, 0.4) is 0 Å². The Bertz CT molecular complexity index is 1210. The Morgan fingerprint density at radius 1 is 1.11 bits per heavy atom. The van der Waals surface area contributed by atoms with Gasteiger partial charge in [-0.2, -0.15) is 0 Å². The van der Waals surface area contributed by atoms with Gasteiger partial charge < -0.3 is 9.52 Å². The molecule has 1 N–H and O–H groups in total. The molecule has 0 aliphatic heterocycles. The number of hydrogen-bond donors (Lipinski definition) is 1. The summed E-state index contributed by atoms with van der Waals surface area (Å²) in [6, 6.07) is 15.0. The molecular formula is C22H16BrClN2O2. The first kappa shape index (κ1) is 18.7. The topological polar surface area (TPSA) is 58.6 Å². The molecule has 6 heteroatoms. The van der Waals surface area contributed by atoms with Crippen LogP contribution in [0.5, 0.6) is 5.75 Å². The van der Waals surface area contributed by atoms with Gasteiger partial charge in [-0.05, 0) is 73.5 Å². The van der Waals surface area contributed by atoms with Crippen LogP contribution in [0.4, 0.5) is 5.69 Å². The Kier molecular flexibility index (Phi) is 4.96. The summed E-state index contributed by atoms with van der Waals surface area (Å²) in [5, 5.41) is 10.8. The van der Waals surface area contributed by atoms with Crippen molar-refractivity contribution in [3.05, 3.63) is 74.7 Å². The van der Waals surface area contributed by atoms with Crippen LogP contribution in [0, 0.1) is 13.8 Å². The Morgan fingerprint density at radius 2 is 1.86 bits per heavy atom. The Morgan fingerprint density at radius 3 is 2.61 bits per heavy atom. The molecule has 1 heterocycles. The minimum Gasteiger partial charge on any atom is -0.507 e. The summed E-state index contributed by atoms with van der Waals surface area (Å²) in [5.41, 5.74) is 5.25. The van der Waals surface area contributed by atoms with E-state index in [1.54, 1.807) is 12.3 Å². The highest BCUT2D eigenvalue weighted by molar-refractivity contribution is 9.10. The standard InChI is InChI=1S/C22H16BrClN2O2/c1-12-9-19(27)17(13(2)21(12)24)11-25-16-7-8-20-18(10-16)26-22(28-20)14-3-5-15(23)6-4-14/h3-11,27H,1-2H3. The molecule has 0 unspecified atom stereocenters. The summed E-state index contributed by atoms with van der Waals surface area (Å²) in [5.74, 6) is 0.714. The van der Waals surface area contributed by atoms with E-state index >= 15 is 0 Å². The highest BCUT2D eigenvalue weighted by Gasteiger charge is 2.11. The van der Waals surface area contributed by atoms with Gasteiger partial charge >= 0.3 is 0 Å². The summed E-state index contributed by atoms with van der Waals surface area (Å²) in [6.45, 7) is 3.72. The van der Waals surface area contributed by atoms with Crippen LogP contribution in [0.2, 0.25) is 5.02 Å². The molecule has 0 aliphatic rings. The number of phenols is 1. The third-order valence-corrected chi connectivity index (χ3v) is 5.62. The number of phenolic OH excluding ortho intramolecular Hbond substituents is 1. The van der Waals surface area contributed by atoms with E-state index in [2.05, 4.69) is 25.9 Å². The number of rotatable bonds is 3. The van der Waals surface area contributed by atoms with Crippen LogP contribution in [0.15, 0.2) is 62.4 Å². The molecule has 1 aromatic heterocycles. The molecule has 0 fully saturated rings. The number of fused-ring (bicyclic) bond motifs is 1. The number of aromatic nitrogens is 1. The second kappa shape index (κ2) is 7.41. The average Bonchev–Trinajstić information content (AvgIpc) is 3.10. The monoisotopic (exact) mass is 454 g/mol. The second-order valence-corrected chi connectivity index (χ2v) is 7.80. The van der Waals surface area contributed by atoms with Crippen molar-refractivity contribution in [1.29, 1.82) is 0 Å². The van der Waals surface area contributed by atoms with Crippen LogP contribution in [-0.4, -0.2) is 16.3 Å². The minimum absolute atomic E-state index is 0.156. The average molecular weight is 456 g/mol. The Balaban J connectivity index is 1.68. The normalized spacial score (nSPS) is 11.6. The lowest BCUT2D eigenvalue weighted by Gasteiger charge is -2.08. The van der Waals surface area contributed by atoms with Gasteiger partial charge in [0.05, 0.1) is 5.69 Å². The Hall–Kier alpha value is -2.63. The number of aromatic hydroxyl groups is 1. The molecule has 0 aliphatic carbocycles. The number of aliphatic imine (C=N–C) groups is 1. The molecule has 4 aromatic rings. The van der Waals surface area contributed by atoms with Crippen molar-refractivity contribution in [2.75, 3.05) is 0 Å². The molecule has 0 radical (unpaired) electrons. The van der Waals surface area contributed by atoms with Gasteiger partial charge in [-0.1, -0.05) is 27.5 Å². The van der Waals surface area contributed by atoms with Crippen LogP contribution >= 0.6 is 27.5 Å².